The molecule has 0 saturated carbocycles. The highest BCUT2D eigenvalue weighted by Gasteiger charge is 2.26. The van der Waals surface area contributed by atoms with Crippen molar-refractivity contribution < 1.29 is 4.79 Å². The molecule has 1 aromatic carbocycles. The van der Waals surface area contributed by atoms with Crippen LogP contribution in [0.3, 0.4) is 0 Å². The van der Waals surface area contributed by atoms with Crippen molar-refractivity contribution in [2.75, 3.05) is 13.1 Å². The van der Waals surface area contributed by atoms with Gasteiger partial charge in [0.05, 0.1) is 11.8 Å². The first-order valence-corrected chi connectivity index (χ1v) is 9.47. The monoisotopic (exact) mass is 363 g/mol. The molecule has 0 spiro atoms. The lowest BCUT2D eigenvalue weighted by Crippen LogP contribution is -2.41. The molecular formula is C21H25N5O. The van der Waals surface area contributed by atoms with Gasteiger partial charge in [-0.3, -0.25) is 9.48 Å². The number of aromatic nitrogens is 4. The molecule has 1 fully saturated rings. The Morgan fingerprint density at radius 2 is 2.04 bits per heavy atom. The van der Waals surface area contributed by atoms with Crippen LogP contribution in [0.15, 0.2) is 48.9 Å². The molecule has 1 atom stereocenters. The number of hydrogen-bond donors (Lipinski definition) is 0. The fourth-order valence-corrected chi connectivity index (χ4v) is 3.88. The summed E-state index contributed by atoms with van der Waals surface area (Å²) in [6.07, 6.45) is 7.54. The Bertz CT molecular complexity index is 927. The molecule has 1 amide bonds. The number of carbonyl (C=O) groups is 1. The third-order valence-electron chi connectivity index (χ3n) is 5.29. The lowest BCUT2D eigenvalue weighted by Gasteiger charge is -2.33. The van der Waals surface area contributed by atoms with E-state index in [2.05, 4.69) is 33.7 Å². The quantitative estimate of drug-likeness (QED) is 0.715. The molecule has 27 heavy (non-hydrogen) atoms. The van der Waals surface area contributed by atoms with Crippen molar-refractivity contribution in [1.29, 1.82) is 0 Å². The predicted octanol–water partition coefficient (Wildman–Crippen LogP) is 3.14. The summed E-state index contributed by atoms with van der Waals surface area (Å²) in [5.74, 6) is 1.51. The molecule has 3 heterocycles. The van der Waals surface area contributed by atoms with Gasteiger partial charge in [0.2, 0.25) is 0 Å². The second-order valence-electron chi connectivity index (χ2n) is 7.36. The SMILES string of the molecule is Cc1cnc(-c2ccccc2)n1CC1CCCN(C(=O)c2cnn(C)c2)C1. The molecule has 1 aliphatic rings. The van der Waals surface area contributed by atoms with Gasteiger partial charge in [-0.05, 0) is 25.7 Å². The number of amides is 1. The van der Waals surface area contributed by atoms with E-state index < -0.39 is 0 Å². The molecule has 0 aliphatic carbocycles. The van der Waals surface area contributed by atoms with Crippen molar-refractivity contribution in [2.24, 2.45) is 13.0 Å². The topological polar surface area (TPSA) is 56.0 Å². The van der Waals surface area contributed by atoms with Crippen LogP contribution >= 0.6 is 0 Å². The Hall–Kier alpha value is -2.89. The van der Waals surface area contributed by atoms with E-state index in [-0.39, 0.29) is 5.91 Å². The smallest absolute Gasteiger partial charge is 0.257 e. The van der Waals surface area contributed by atoms with Crippen molar-refractivity contribution >= 4 is 5.91 Å². The van der Waals surface area contributed by atoms with E-state index in [9.17, 15) is 4.79 Å². The molecule has 4 rings (SSSR count). The molecular weight excluding hydrogens is 338 g/mol. The maximum Gasteiger partial charge on any atom is 0.257 e. The van der Waals surface area contributed by atoms with E-state index in [1.807, 2.05) is 36.3 Å². The molecule has 6 nitrogen and oxygen atoms in total. The minimum atomic E-state index is 0.0819. The molecule has 1 saturated heterocycles. The number of likely N-dealkylation sites (tertiary alicyclic amines) is 1. The molecule has 0 bridgehead atoms. The number of hydrogen-bond acceptors (Lipinski definition) is 3. The Kier molecular flexibility index (Phi) is 4.79. The van der Waals surface area contributed by atoms with Gasteiger partial charge in [0, 0.05) is 50.3 Å². The molecule has 3 aromatic rings. The van der Waals surface area contributed by atoms with Gasteiger partial charge < -0.3 is 9.47 Å². The highest BCUT2D eigenvalue weighted by molar-refractivity contribution is 5.93. The van der Waals surface area contributed by atoms with Crippen LogP contribution in [0.2, 0.25) is 0 Å². The first-order chi connectivity index (χ1) is 13.1. The summed E-state index contributed by atoms with van der Waals surface area (Å²) in [6, 6.07) is 10.3. The van der Waals surface area contributed by atoms with Crippen LogP contribution in [0, 0.1) is 12.8 Å². The molecule has 6 heteroatoms. The van der Waals surface area contributed by atoms with Gasteiger partial charge in [-0.15, -0.1) is 0 Å². The number of carbonyl (C=O) groups excluding carboxylic acids is 1. The summed E-state index contributed by atoms with van der Waals surface area (Å²) < 4.78 is 3.97. The number of rotatable bonds is 4. The van der Waals surface area contributed by atoms with Crippen LogP contribution in [-0.4, -0.2) is 43.2 Å². The highest BCUT2D eigenvalue weighted by Crippen LogP contribution is 2.25. The van der Waals surface area contributed by atoms with Gasteiger partial charge in [0.15, 0.2) is 0 Å². The molecule has 1 unspecified atom stereocenters. The lowest BCUT2D eigenvalue weighted by molar-refractivity contribution is 0.0662. The number of aryl methyl sites for hydroxylation is 2. The van der Waals surface area contributed by atoms with E-state index in [4.69, 9.17) is 0 Å². The van der Waals surface area contributed by atoms with E-state index in [1.54, 1.807) is 17.1 Å². The van der Waals surface area contributed by atoms with Crippen LogP contribution in [0.4, 0.5) is 0 Å². The van der Waals surface area contributed by atoms with Gasteiger partial charge in [0.1, 0.15) is 5.82 Å². The Morgan fingerprint density at radius 1 is 1.22 bits per heavy atom. The van der Waals surface area contributed by atoms with Crippen molar-refractivity contribution in [3.05, 3.63) is 60.2 Å². The van der Waals surface area contributed by atoms with Crippen LogP contribution in [0.25, 0.3) is 11.4 Å². The first kappa shape index (κ1) is 17.5. The summed E-state index contributed by atoms with van der Waals surface area (Å²) in [5, 5.41) is 4.13. The van der Waals surface area contributed by atoms with E-state index in [0.29, 0.717) is 11.5 Å². The Labute approximate surface area is 159 Å². The molecule has 0 radical (unpaired) electrons. The number of piperidine rings is 1. The molecule has 140 valence electrons. The largest absolute Gasteiger partial charge is 0.338 e. The lowest BCUT2D eigenvalue weighted by atomic mass is 9.97. The number of benzene rings is 1. The Balaban J connectivity index is 1.50. The predicted molar refractivity (Wildman–Crippen MR) is 104 cm³/mol. The van der Waals surface area contributed by atoms with Gasteiger partial charge in [-0.2, -0.15) is 5.10 Å². The average Bonchev–Trinajstić information content (AvgIpc) is 3.28. The summed E-state index contributed by atoms with van der Waals surface area (Å²) in [4.78, 5) is 19.4. The standard InChI is InChI=1S/C21H25N5O/c1-16-11-22-20(18-8-4-3-5-9-18)26(16)14-17-7-6-10-25(13-17)21(27)19-12-23-24(2)15-19/h3-5,8-9,11-12,15,17H,6-7,10,13-14H2,1-2H3. The fourth-order valence-electron chi connectivity index (χ4n) is 3.88. The normalized spacial score (nSPS) is 17.3. The van der Waals surface area contributed by atoms with E-state index in [1.165, 1.54) is 0 Å². The minimum absolute atomic E-state index is 0.0819. The zero-order valence-corrected chi connectivity index (χ0v) is 15.9. The second-order valence-corrected chi connectivity index (χ2v) is 7.36. The van der Waals surface area contributed by atoms with E-state index >= 15 is 0 Å². The van der Waals surface area contributed by atoms with Crippen LogP contribution in [0.1, 0.15) is 28.9 Å². The van der Waals surface area contributed by atoms with Crippen LogP contribution < -0.4 is 0 Å². The van der Waals surface area contributed by atoms with Crippen LogP contribution in [-0.2, 0) is 13.6 Å². The van der Waals surface area contributed by atoms with Gasteiger partial charge in [-0.1, -0.05) is 30.3 Å². The maximum absolute atomic E-state index is 12.8. The Morgan fingerprint density at radius 3 is 2.78 bits per heavy atom. The maximum atomic E-state index is 12.8. The van der Waals surface area contributed by atoms with E-state index in [0.717, 1.165) is 49.6 Å². The zero-order valence-electron chi connectivity index (χ0n) is 15.9. The minimum Gasteiger partial charge on any atom is -0.338 e. The summed E-state index contributed by atoms with van der Waals surface area (Å²) in [6.45, 7) is 4.58. The van der Waals surface area contributed by atoms with Crippen molar-refractivity contribution in [1.82, 2.24) is 24.2 Å². The number of nitrogens with zero attached hydrogens (tertiary/aromatic N) is 5. The average molecular weight is 363 g/mol. The van der Waals surface area contributed by atoms with Gasteiger partial charge in [0.25, 0.3) is 5.91 Å². The fraction of sp³-hybridized carbons (Fsp3) is 0.381. The van der Waals surface area contributed by atoms with Crippen molar-refractivity contribution in [2.45, 2.75) is 26.3 Å². The third kappa shape index (κ3) is 3.65. The van der Waals surface area contributed by atoms with Gasteiger partial charge >= 0.3 is 0 Å². The first-order valence-electron chi connectivity index (χ1n) is 9.47. The van der Waals surface area contributed by atoms with Crippen molar-refractivity contribution in [3.63, 3.8) is 0 Å². The van der Waals surface area contributed by atoms with Crippen molar-refractivity contribution in [3.8, 4) is 11.4 Å². The summed E-state index contributed by atoms with van der Waals surface area (Å²) in [7, 11) is 1.84. The van der Waals surface area contributed by atoms with Crippen LogP contribution in [0.5, 0.6) is 0 Å². The summed E-state index contributed by atoms with van der Waals surface area (Å²) >= 11 is 0. The third-order valence-corrected chi connectivity index (χ3v) is 5.29. The van der Waals surface area contributed by atoms with Gasteiger partial charge in [-0.25, -0.2) is 4.98 Å². The molecule has 0 N–H and O–H groups in total. The zero-order chi connectivity index (χ0) is 18.8. The molecule has 1 aliphatic heterocycles. The second kappa shape index (κ2) is 7.39. The number of imidazole rings is 1. The molecule has 2 aromatic heterocycles. The summed E-state index contributed by atoms with van der Waals surface area (Å²) in [5.41, 5.74) is 2.95. The highest BCUT2D eigenvalue weighted by atomic mass is 16.2.